The van der Waals surface area contributed by atoms with Gasteiger partial charge in [-0.05, 0) is 28.3 Å². The maximum absolute atomic E-state index is 7.00. The van der Waals surface area contributed by atoms with Crippen molar-refractivity contribution in [2.45, 2.75) is 26.7 Å². The van der Waals surface area contributed by atoms with Crippen molar-refractivity contribution < 1.29 is 51.6 Å². The molecule has 0 saturated carbocycles. The summed E-state index contributed by atoms with van der Waals surface area (Å²) in [6.07, 6.45) is 2.33. The van der Waals surface area contributed by atoms with Gasteiger partial charge in [0.2, 0.25) is 0 Å². The van der Waals surface area contributed by atoms with Crippen LogP contribution in [0, 0.1) is 12.0 Å². The number of aliphatic hydroxyl groups is 1. The molecular formula is C30H30Cl2OTi. The standard InChI is InChI=1S/C25H17.C4H9.CH4O.2ClH.Ti/c1-2-9-19(10-3-1)24-17-21-12-6-7-13-23(21)25(24)22-15-14-18-8-4-5-11-20(18)16-22;1-4(2)3;1-2;;;/h1-15,17,25H;1-3H3;2H,1H3;2*1H;/q2*-1;;;;+4/p-2. The van der Waals surface area contributed by atoms with Gasteiger partial charge in [-0.3, -0.25) is 0 Å². The predicted octanol–water partition coefficient (Wildman–Crippen LogP) is 1.56. The molecule has 1 atom stereocenters. The molecule has 0 aliphatic heterocycles. The van der Waals surface area contributed by atoms with E-state index in [1.54, 1.807) is 0 Å². The van der Waals surface area contributed by atoms with E-state index in [-0.39, 0.29) is 52.4 Å². The zero-order chi connectivity index (χ0) is 22.2. The largest absolute Gasteiger partial charge is 4.00 e. The molecule has 0 saturated heterocycles. The Balaban J connectivity index is 0.00000111. The molecule has 34 heavy (non-hydrogen) atoms. The number of fused-ring (bicyclic) bond motifs is 2. The molecule has 0 aromatic heterocycles. The molecule has 5 rings (SSSR count). The molecule has 1 nitrogen and oxygen atoms in total. The summed E-state index contributed by atoms with van der Waals surface area (Å²) in [6, 6.07) is 36.0. The molecule has 1 aliphatic rings. The van der Waals surface area contributed by atoms with E-state index in [9.17, 15) is 0 Å². The van der Waals surface area contributed by atoms with Gasteiger partial charge in [-0.2, -0.15) is 20.8 Å². The molecule has 0 spiro atoms. The van der Waals surface area contributed by atoms with Gasteiger partial charge in [0.15, 0.2) is 0 Å². The van der Waals surface area contributed by atoms with Crippen LogP contribution in [-0.4, -0.2) is 12.2 Å². The maximum atomic E-state index is 7.00. The summed E-state index contributed by atoms with van der Waals surface area (Å²) in [7, 11) is 1.00. The number of allylic oxidation sites excluding steroid dienone is 1. The van der Waals surface area contributed by atoms with Crippen LogP contribution in [0.2, 0.25) is 0 Å². The van der Waals surface area contributed by atoms with Gasteiger partial charge in [0, 0.05) is 13.0 Å². The summed E-state index contributed by atoms with van der Waals surface area (Å²) in [5.41, 5.74) is 6.55. The molecule has 4 aromatic rings. The van der Waals surface area contributed by atoms with E-state index in [1.165, 1.54) is 44.5 Å². The molecule has 174 valence electrons. The second kappa shape index (κ2) is 15.9. The third-order valence-electron chi connectivity index (χ3n) is 5.03. The minimum atomic E-state index is 0. The third-order valence-corrected chi connectivity index (χ3v) is 5.03. The van der Waals surface area contributed by atoms with Gasteiger partial charge in [-0.1, -0.05) is 66.7 Å². The Bertz CT molecular complexity index is 1150. The second-order valence-electron chi connectivity index (χ2n) is 8.03. The fourth-order valence-corrected chi connectivity index (χ4v) is 3.84. The third kappa shape index (κ3) is 7.84. The quantitative estimate of drug-likeness (QED) is 0.312. The molecule has 1 N–H and O–H groups in total. The van der Waals surface area contributed by atoms with Crippen molar-refractivity contribution in [3.05, 3.63) is 125 Å². The van der Waals surface area contributed by atoms with E-state index in [0.717, 1.165) is 7.11 Å². The first kappa shape index (κ1) is 32.1. The molecular weight excluding hydrogens is 495 g/mol. The summed E-state index contributed by atoms with van der Waals surface area (Å²) < 4.78 is 0. The number of halogens is 2. The topological polar surface area (TPSA) is 20.2 Å². The Hall–Kier alpha value is -1.87. The van der Waals surface area contributed by atoms with Crippen LogP contribution in [0.15, 0.2) is 91.0 Å². The molecule has 0 radical (unpaired) electrons. The first-order valence-electron chi connectivity index (χ1n) is 10.6. The first-order valence-corrected chi connectivity index (χ1v) is 10.6. The van der Waals surface area contributed by atoms with Crippen molar-refractivity contribution in [3.63, 3.8) is 0 Å². The number of rotatable bonds is 2. The minimum absolute atomic E-state index is 0. The van der Waals surface area contributed by atoms with Gasteiger partial charge in [0.25, 0.3) is 0 Å². The number of hydrogen-bond donors (Lipinski definition) is 1. The van der Waals surface area contributed by atoms with Crippen LogP contribution in [0.25, 0.3) is 22.4 Å². The van der Waals surface area contributed by atoms with Crippen LogP contribution >= 0.6 is 0 Å². The smallest absolute Gasteiger partial charge is 1.00 e. The molecule has 0 heterocycles. The Morgan fingerprint density at radius 3 is 1.94 bits per heavy atom. The summed E-state index contributed by atoms with van der Waals surface area (Å²) in [5, 5.41) is 9.42. The van der Waals surface area contributed by atoms with E-state index in [1.807, 2.05) is 0 Å². The average Bonchev–Trinajstić information content (AvgIpc) is 3.20. The molecule has 1 aliphatic carbocycles. The van der Waals surface area contributed by atoms with Gasteiger partial charge in [-0.15, -0.1) is 46.7 Å². The SMILES string of the molecule is CO.C[C-](C)C.[Cl-].[Cl-].[Ti+4].[c-]1c(C2C(c3ccccc3)=Cc3ccccc32)ccc2ccccc12. The van der Waals surface area contributed by atoms with Gasteiger partial charge >= 0.3 is 21.7 Å². The van der Waals surface area contributed by atoms with Gasteiger partial charge in [-0.25, -0.2) is 0 Å². The van der Waals surface area contributed by atoms with E-state index in [0.29, 0.717) is 0 Å². The van der Waals surface area contributed by atoms with Crippen LogP contribution in [-0.2, 0) is 21.7 Å². The molecule has 4 aromatic carbocycles. The number of aliphatic hydroxyl groups excluding tert-OH is 1. The summed E-state index contributed by atoms with van der Waals surface area (Å²) >= 11 is 0. The molecule has 0 bridgehead atoms. The van der Waals surface area contributed by atoms with Crippen molar-refractivity contribution in [2.24, 2.45) is 0 Å². The van der Waals surface area contributed by atoms with Crippen molar-refractivity contribution in [1.29, 1.82) is 0 Å². The predicted molar refractivity (Wildman–Crippen MR) is 134 cm³/mol. The Kier molecular flexibility index (Phi) is 15.1. The van der Waals surface area contributed by atoms with Crippen molar-refractivity contribution in [1.82, 2.24) is 0 Å². The fourth-order valence-electron chi connectivity index (χ4n) is 3.84. The summed E-state index contributed by atoms with van der Waals surface area (Å²) in [6.45, 7) is 6.25. The Labute approximate surface area is 232 Å². The first-order chi connectivity index (χ1) is 15.1. The number of benzene rings is 4. The van der Waals surface area contributed by atoms with Crippen molar-refractivity contribution in [3.8, 4) is 0 Å². The molecule has 0 fully saturated rings. The normalized spacial score (nSPS) is 12.9. The van der Waals surface area contributed by atoms with Crippen LogP contribution < -0.4 is 24.8 Å². The minimum Gasteiger partial charge on any atom is -1.00 e. The van der Waals surface area contributed by atoms with E-state index >= 15 is 0 Å². The zero-order valence-electron chi connectivity index (χ0n) is 20.0. The van der Waals surface area contributed by atoms with Crippen LogP contribution in [0.5, 0.6) is 0 Å². The monoisotopic (exact) mass is 524 g/mol. The van der Waals surface area contributed by atoms with Gasteiger partial charge < -0.3 is 35.8 Å². The van der Waals surface area contributed by atoms with Crippen LogP contribution in [0.4, 0.5) is 0 Å². The summed E-state index contributed by atoms with van der Waals surface area (Å²) in [4.78, 5) is 0. The molecule has 4 heteroatoms. The molecule has 0 amide bonds. The average molecular weight is 525 g/mol. The Morgan fingerprint density at radius 1 is 0.706 bits per heavy atom. The van der Waals surface area contributed by atoms with E-state index in [4.69, 9.17) is 5.11 Å². The van der Waals surface area contributed by atoms with Crippen LogP contribution in [0.3, 0.4) is 0 Å². The van der Waals surface area contributed by atoms with Gasteiger partial charge in [0.1, 0.15) is 0 Å². The van der Waals surface area contributed by atoms with E-state index < -0.39 is 0 Å². The Morgan fingerprint density at radius 2 is 1.26 bits per heavy atom. The summed E-state index contributed by atoms with van der Waals surface area (Å²) in [5.74, 6) is 1.66. The van der Waals surface area contributed by atoms with E-state index in [2.05, 4.69) is 124 Å². The van der Waals surface area contributed by atoms with Gasteiger partial charge in [0.05, 0.1) is 0 Å². The fraction of sp³-hybridized carbons (Fsp3) is 0.167. The molecule has 1 unspecified atom stereocenters. The van der Waals surface area contributed by atoms with Crippen LogP contribution in [0.1, 0.15) is 48.9 Å². The second-order valence-corrected chi connectivity index (χ2v) is 8.03. The number of hydrogen-bond acceptors (Lipinski definition) is 1. The van der Waals surface area contributed by atoms with Crippen molar-refractivity contribution in [2.75, 3.05) is 7.11 Å². The van der Waals surface area contributed by atoms with Crippen molar-refractivity contribution >= 4 is 22.4 Å². The maximum Gasteiger partial charge on any atom is 4.00 e. The zero-order valence-corrected chi connectivity index (χ0v) is 23.1.